The summed E-state index contributed by atoms with van der Waals surface area (Å²) < 4.78 is 37.1. The third-order valence-corrected chi connectivity index (χ3v) is 6.11. The molecule has 0 atom stereocenters. The number of benzene rings is 2. The van der Waals surface area contributed by atoms with Crippen LogP contribution < -0.4 is 0 Å². The first-order chi connectivity index (χ1) is 12.5. The number of hydrogen-bond acceptors (Lipinski definition) is 5. The van der Waals surface area contributed by atoms with Gasteiger partial charge in [0.2, 0.25) is 10.0 Å². The first-order valence-electron chi connectivity index (χ1n) is 8.48. The van der Waals surface area contributed by atoms with E-state index < -0.39 is 16.0 Å². The van der Waals surface area contributed by atoms with Crippen LogP contribution in [0.5, 0.6) is 0 Å². The van der Waals surface area contributed by atoms with Gasteiger partial charge in [-0.15, -0.1) is 0 Å². The van der Waals surface area contributed by atoms with Gasteiger partial charge in [0.05, 0.1) is 30.3 Å². The van der Waals surface area contributed by atoms with Gasteiger partial charge in [-0.1, -0.05) is 30.3 Å². The zero-order valence-electron chi connectivity index (χ0n) is 14.6. The molecule has 0 saturated carbocycles. The van der Waals surface area contributed by atoms with Gasteiger partial charge >= 0.3 is 5.97 Å². The molecule has 6 nitrogen and oxygen atoms in total. The van der Waals surface area contributed by atoms with E-state index in [-0.39, 0.29) is 4.90 Å². The Balaban J connectivity index is 1.90. The van der Waals surface area contributed by atoms with Gasteiger partial charge in [0, 0.05) is 13.1 Å². The molecule has 0 aromatic heterocycles. The molecule has 1 saturated heterocycles. The van der Waals surface area contributed by atoms with Crippen molar-refractivity contribution in [2.24, 2.45) is 0 Å². The third kappa shape index (κ3) is 3.80. The van der Waals surface area contributed by atoms with Gasteiger partial charge in [-0.25, -0.2) is 13.2 Å². The summed E-state index contributed by atoms with van der Waals surface area (Å²) in [4.78, 5) is 12.4. The Morgan fingerprint density at radius 1 is 1.08 bits per heavy atom. The maximum Gasteiger partial charge on any atom is 0.338 e. The molecule has 0 N–H and O–H groups in total. The summed E-state index contributed by atoms with van der Waals surface area (Å²) in [7, 11) is -3.53. The molecule has 0 amide bonds. The quantitative estimate of drug-likeness (QED) is 0.751. The lowest BCUT2D eigenvalue weighted by Gasteiger charge is -2.26. The van der Waals surface area contributed by atoms with E-state index >= 15 is 0 Å². The van der Waals surface area contributed by atoms with Crippen LogP contribution in [0.25, 0.3) is 11.1 Å². The van der Waals surface area contributed by atoms with Crippen molar-refractivity contribution in [1.82, 2.24) is 4.31 Å². The second-order valence-corrected chi connectivity index (χ2v) is 7.74. The predicted octanol–water partition coefficient (Wildman–Crippen LogP) is 2.55. The van der Waals surface area contributed by atoms with Gasteiger partial charge in [-0.05, 0) is 36.2 Å². The van der Waals surface area contributed by atoms with Gasteiger partial charge in [0.1, 0.15) is 0 Å². The monoisotopic (exact) mass is 375 g/mol. The Hall–Kier alpha value is -2.22. The van der Waals surface area contributed by atoms with Crippen LogP contribution in [-0.2, 0) is 19.5 Å². The molecule has 0 spiro atoms. The van der Waals surface area contributed by atoms with E-state index in [2.05, 4.69) is 0 Å². The first kappa shape index (κ1) is 18.6. The molecule has 7 heteroatoms. The molecule has 0 unspecified atom stereocenters. The fourth-order valence-electron chi connectivity index (χ4n) is 2.86. The molecular weight excluding hydrogens is 354 g/mol. The second-order valence-electron chi connectivity index (χ2n) is 5.81. The van der Waals surface area contributed by atoms with Crippen molar-refractivity contribution >= 4 is 16.0 Å². The number of rotatable bonds is 5. The number of sulfonamides is 1. The van der Waals surface area contributed by atoms with Crippen LogP contribution in [0.15, 0.2) is 53.4 Å². The lowest BCUT2D eigenvalue weighted by Crippen LogP contribution is -2.40. The maximum atomic E-state index is 12.7. The summed E-state index contributed by atoms with van der Waals surface area (Å²) in [5, 5.41) is 0. The largest absolute Gasteiger partial charge is 0.462 e. The van der Waals surface area contributed by atoms with Crippen LogP contribution >= 0.6 is 0 Å². The van der Waals surface area contributed by atoms with Crippen LogP contribution in [0, 0.1) is 0 Å². The maximum absolute atomic E-state index is 12.7. The average Bonchev–Trinajstić information content (AvgIpc) is 2.69. The second kappa shape index (κ2) is 7.99. The number of esters is 1. The Kier molecular flexibility index (Phi) is 5.70. The van der Waals surface area contributed by atoms with Crippen molar-refractivity contribution in [3.8, 4) is 11.1 Å². The molecular formula is C19H21NO5S. The molecule has 0 radical (unpaired) electrons. The molecule has 1 heterocycles. The predicted molar refractivity (Wildman–Crippen MR) is 97.4 cm³/mol. The number of carbonyl (C=O) groups is 1. The molecule has 2 aromatic rings. The lowest BCUT2D eigenvalue weighted by atomic mass is 10.00. The zero-order chi connectivity index (χ0) is 18.6. The smallest absolute Gasteiger partial charge is 0.338 e. The molecule has 138 valence electrons. The van der Waals surface area contributed by atoms with Gasteiger partial charge in [0.25, 0.3) is 0 Å². The van der Waals surface area contributed by atoms with E-state index in [1.807, 2.05) is 12.1 Å². The minimum atomic E-state index is -3.53. The van der Waals surface area contributed by atoms with Crippen LogP contribution in [-0.4, -0.2) is 51.6 Å². The van der Waals surface area contributed by atoms with Crippen molar-refractivity contribution in [2.45, 2.75) is 11.8 Å². The van der Waals surface area contributed by atoms with Gasteiger partial charge < -0.3 is 9.47 Å². The van der Waals surface area contributed by atoms with Crippen molar-refractivity contribution in [1.29, 1.82) is 0 Å². The summed E-state index contributed by atoms with van der Waals surface area (Å²) in [6.07, 6.45) is 0. The first-order valence-corrected chi connectivity index (χ1v) is 9.92. The Morgan fingerprint density at radius 3 is 2.38 bits per heavy atom. The van der Waals surface area contributed by atoms with Crippen molar-refractivity contribution < 1.29 is 22.7 Å². The molecule has 0 aliphatic carbocycles. The van der Waals surface area contributed by atoms with E-state index in [0.29, 0.717) is 44.0 Å². The van der Waals surface area contributed by atoms with E-state index in [1.54, 1.807) is 43.3 Å². The number of hydrogen-bond donors (Lipinski definition) is 0. The highest BCUT2D eigenvalue weighted by Gasteiger charge is 2.26. The van der Waals surface area contributed by atoms with Crippen molar-refractivity contribution in [2.75, 3.05) is 32.9 Å². The summed E-state index contributed by atoms with van der Waals surface area (Å²) in [6, 6.07) is 13.7. The van der Waals surface area contributed by atoms with Crippen LogP contribution in [0.1, 0.15) is 17.3 Å². The standard InChI is InChI=1S/C19H21NO5S/c1-2-25-19(21)18-6-4-3-5-17(18)15-7-9-16(10-8-15)26(22,23)20-11-13-24-14-12-20/h3-10H,2,11-14H2,1H3. The van der Waals surface area contributed by atoms with E-state index in [4.69, 9.17) is 9.47 Å². The van der Waals surface area contributed by atoms with Crippen LogP contribution in [0.4, 0.5) is 0 Å². The Bertz CT molecular complexity index is 871. The molecule has 2 aromatic carbocycles. The highest BCUT2D eigenvalue weighted by Crippen LogP contribution is 2.26. The highest BCUT2D eigenvalue weighted by atomic mass is 32.2. The van der Waals surface area contributed by atoms with E-state index in [0.717, 1.165) is 5.56 Å². The van der Waals surface area contributed by atoms with E-state index in [1.165, 1.54) is 4.31 Å². The number of carbonyl (C=O) groups excluding carboxylic acids is 1. The van der Waals surface area contributed by atoms with Gasteiger partial charge in [0.15, 0.2) is 0 Å². The Labute approximate surface area is 153 Å². The number of ether oxygens (including phenoxy) is 2. The normalized spacial score (nSPS) is 15.6. The minimum absolute atomic E-state index is 0.233. The van der Waals surface area contributed by atoms with Crippen molar-refractivity contribution in [3.63, 3.8) is 0 Å². The van der Waals surface area contributed by atoms with Gasteiger partial charge in [-0.2, -0.15) is 4.31 Å². The summed E-state index contributed by atoms with van der Waals surface area (Å²) in [6.45, 7) is 3.58. The topological polar surface area (TPSA) is 72.9 Å². The summed E-state index contributed by atoms with van der Waals surface area (Å²) >= 11 is 0. The lowest BCUT2D eigenvalue weighted by molar-refractivity contribution is 0.0527. The zero-order valence-corrected chi connectivity index (χ0v) is 15.4. The fourth-order valence-corrected chi connectivity index (χ4v) is 4.27. The van der Waals surface area contributed by atoms with Crippen molar-refractivity contribution in [3.05, 3.63) is 54.1 Å². The fraction of sp³-hybridized carbons (Fsp3) is 0.316. The Morgan fingerprint density at radius 2 is 1.73 bits per heavy atom. The summed E-state index contributed by atoms with van der Waals surface area (Å²) in [5.74, 6) is -0.395. The number of morpholine rings is 1. The minimum Gasteiger partial charge on any atom is -0.462 e. The molecule has 1 fully saturated rings. The molecule has 26 heavy (non-hydrogen) atoms. The molecule has 1 aliphatic rings. The third-order valence-electron chi connectivity index (χ3n) is 4.20. The van der Waals surface area contributed by atoms with Crippen LogP contribution in [0.3, 0.4) is 0 Å². The molecule has 0 bridgehead atoms. The highest BCUT2D eigenvalue weighted by molar-refractivity contribution is 7.89. The molecule has 1 aliphatic heterocycles. The average molecular weight is 375 g/mol. The van der Waals surface area contributed by atoms with Gasteiger partial charge in [-0.3, -0.25) is 0 Å². The van der Waals surface area contributed by atoms with E-state index in [9.17, 15) is 13.2 Å². The number of nitrogens with zero attached hydrogens (tertiary/aromatic N) is 1. The summed E-state index contributed by atoms with van der Waals surface area (Å²) in [5.41, 5.74) is 1.92. The SMILES string of the molecule is CCOC(=O)c1ccccc1-c1ccc(S(=O)(=O)N2CCOCC2)cc1. The van der Waals surface area contributed by atoms with Crippen LogP contribution in [0.2, 0.25) is 0 Å². The molecule has 3 rings (SSSR count).